The number of hydrogen-bond donors (Lipinski definition) is 1. The van der Waals surface area contributed by atoms with Crippen molar-refractivity contribution < 1.29 is 17.9 Å². The Kier molecular flexibility index (Phi) is 5.47. The molecular formula is C12H15BrF3NO. The molecule has 1 unspecified atom stereocenters. The van der Waals surface area contributed by atoms with Crippen LogP contribution < -0.4 is 10.1 Å². The van der Waals surface area contributed by atoms with Crippen LogP contribution in [-0.4, -0.2) is 25.9 Å². The molecule has 1 N–H and O–H groups in total. The number of likely N-dealkylation sites (N-methyl/N-ethyl adjacent to an activating group) is 1. The average molecular weight is 326 g/mol. The second-order valence-electron chi connectivity index (χ2n) is 3.82. The SMILES string of the molecule is CCNC(Cc1ccc(OC)c(Br)c1)C(F)(F)F. The summed E-state index contributed by atoms with van der Waals surface area (Å²) >= 11 is 3.26. The molecule has 1 aromatic rings. The Balaban J connectivity index is 2.84. The first-order valence-corrected chi connectivity index (χ1v) is 6.30. The molecule has 18 heavy (non-hydrogen) atoms. The van der Waals surface area contributed by atoms with Crippen molar-refractivity contribution in [3.05, 3.63) is 28.2 Å². The summed E-state index contributed by atoms with van der Waals surface area (Å²) in [5.74, 6) is 0.603. The van der Waals surface area contributed by atoms with Crippen molar-refractivity contribution in [1.29, 1.82) is 0 Å². The Morgan fingerprint density at radius 2 is 2.06 bits per heavy atom. The van der Waals surface area contributed by atoms with Crippen molar-refractivity contribution in [2.75, 3.05) is 13.7 Å². The largest absolute Gasteiger partial charge is 0.496 e. The third kappa shape index (κ3) is 4.17. The summed E-state index contributed by atoms with van der Waals surface area (Å²) in [5, 5.41) is 2.45. The van der Waals surface area contributed by atoms with E-state index in [-0.39, 0.29) is 13.0 Å². The van der Waals surface area contributed by atoms with Crippen LogP contribution in [0, 0.1) is 0 Å². The fraction of sp³-hybridized carbons (Fsp3) is 0.500. The van der Waals surface area contributed by atoms with E-state index in [1.54, 1.807) is 25.1 Å². The van der Waals surface area contributed by atoms with Crippen LogP contribution in [0.15, 0.2) is 22.7 Å². The van der Waals surface area contributed by atoms with Gasteiger partial charge in [0, 0.05) is 0 Å². The minimum Gasteiger partial charge on any atom is -0.496 e. The van der Waals surface area contributed by atoms with Gasteiger partial charge in [-0.1, -0.05) is 13.0 Å². The lowest BCUT2D eigenvalue weighted by Crippen LogP contribution is -2.43. The molecule has 0 aromatic heterocycles. The molecule has 0 spiro atoms. The number of alkyl halides is 3. The van der Waals surface area contributed by atoms with Crippen LogP contribution >= 0.6 is 15.9 Å². The van der Waals surface area contributed by atoms with Crippen molar-refractivity contribution in [3.8, 4) is 5.75 Å². The van der Waals surface area contributed by atoms with Gasteiger partial charge in [-0.3, -0.25) is 0 Å². The molecule has 0 aliphatic carbocycles. The number of hydrogen-bond acceptors (Lipinski definition) is 2. The predicted octanol–water partition coefficient (Wildman–Crippen LogP) is 3.54. The maximum Gasteiger partial charge on any atom is 0.404 e. The minimum atomic E-state index is -4.25. The summed E-state index contributed by atoms with van der Waals surface area (Å²) in [6.07, 6.45) is -4.34. The Hall–Kier alpha value is -0.750. The summed E-state index contributed by atoms with van der Waals surface area (Å²) < 4.78 is 43.9. The molecule has 0 heterocycles. The number of halogens is 4. The van der Waals surface area contributed by atoms with Crippen LogP contribution in [0.3, 0.4) is 0 Å². The van der Waals surface area contributed by atoms with Gasteiger partial charge in [0.1, 0.15) is 11.8 Å². The minimum absolute atomic E-state index is 0.0973. The molecule has 0 saturated heterocycles. The zero-order chi connectivity index (χ0) is 13.8. The second kappa shape index (κ2) is 6.43. The van der Waals surface area contributed by atoms with Crippen LogP contribution in [0.2, 0.25) is 0 Å². The van der Waals surface area contributed by atoms with Gasteiger partial charge in [-0.15, -0.1) is 0 Å². The molecule has 2 nitrogen and oxygen atoms in total. The van der Waals surface area contributed by atoms with Gasteiger partial charge >= 0.3 is 6.18 Å². The summed E-state index contributed by atoms with van der Waals surface area (Å²) in [4.78, 5) is 0. The molecule has 1 aromatic carbocycles. The van der Waals surface area contributed by atoms with Crippen molar-refractivity contribution in [3.63, 3.8) is 0 Å². The molecule has 6 heteroatoms. The molecule has 0 bridgehead atoms. The second-order valence-corrected chi connectivity index (χ2v) is 4.68. The number of benzene rings is 1. The van der Waals surface area contributed by atoms with Gasteiger partial charge in [0.05, 0.1) is 11.6 Å². The lowest BCUT2D eigenvalue weighted by Gasteiger charge is -2.21. The molecule has 0 saturated carbocycles. The van der Waals surface area contributed by atoms with Gasteiger partial charge in [0.25, 0.3) is 0 Å². The van der Waals surface area contributed by atoms with Crippen molar-refractivity contribution in [2.24, 2.45) is 0 Å². The van der Waals surface area contributed by atoms with Crippen LogP contribution in [0.25, 0.3) is 0 Å². The maximum absolute atomic E-state index is 12.7. The molecule has 0 fully saturated rings. The molecule has 0 radical (unpaired) electrons. The standard InChI is InChI=1S/C12H15BrF3NO/c1-3-17-11(12(14,15)16)7-8-4-5-10(18-2)9(13)6-8/h4-6,11,17H,3,7H2,1-2H3. The number of methoxy groups -OCH3 is 1. The van der Waals surface area contributed by atoms with Gasteiger partial charge < -0.3 is 10.1 Å². The van der Waals surface area contributed by atoms with Gasteiger partial charge in [0.2, 0.25) is 0 Å². The van der Waals surface area contributed by atoms with E-state index in [0.717, 1.165) is 0 Å². The monoisotopic (exact) mass is 325 g/mol. The van der Waals surface area contributed by atoms with Gasteiger partial charge in [-0.25, -0.2) is 0 Å². The molecule has 102 valence electrons. The van der Waals surface area contributed by atoms with Gasteiger partial charge in [0.15, 0.2) is 0 Å². The van der Waals surface area contributed by atoms with Crippen LogP contribution in [0.4, 0.5) is 13.2 Å². The smallest absolute Gasteiger partial charge is 0.404 e. The maximum atomic E-state index is 12.7. The number of ether oxygens (including phenoxy) is 1. The third-order valence-corrected chi connectivity index (χ3v) is 3.12. The Morgan fingerprint density at radius 1 is 1.39 bits per heavy atom. The molecular weight excluding hydrogens is 311 g/mol. The first kappa shape index (κ1) is 15.3. The topological polar surface area (TPSA) is 21.3 Å². The highest BCUT2D eigenvalue weighted by Gasteiger charge is 2.38. The molecule has 0 amide bonds. The van der Waals surface area contributed by atoms with Crippen LogP contribution in [-0.2, 0) is 6.42 Å². The summed E-state index contributed by atoms with van der Waals surface area (Å²) in [5.41, 5.74) is 0.603. The Morgan fingerprint density at radius 3 is 2.50 bits per heavy atom. The molecule has 1 rings (SSSR count). The van der Waals surface area contributed by atoms with Crippen molar-refractivity contribution in [1.82, 2.24) is 5.32 Å². The predicted molar refractivity (Wildman–Crippen MR) is 67.9 cm³/mol. The highest BCUT2D eigenvalue weighted by atomic mass is 79.9. The normalized spacial score (nSPS) is 13.4. The molecule has 0 aliphatic heterocycles. The van der Waals surface area contributed by atoms with E-state index in [1.807, 2.05) is 0 Å². The van der Waals surface area contributed by atoms with Gasteiger partial charge in [-0.05, 0) is 46.6 Å². The van der Waals surface area contributed by atoms with E-state index < -0.39 is 12.2 Å². The third-order valence-electron chi connectivity index (χ3n) is 2.50. The highest BCUT2D eigenvalue weighted by molar-refractivity contribution is 9.10. The first-order valence-electron chi connectivity index (χ1n) is 5.51. The van der Waals surface area contributed by atoms with Crippen molar-refractivity contribution >= 4 is 15.9 Å². The summed E-state index contributed by atoms with van der Waals surface area (Å²) in [6, 6.07) is 3.41. The molecule has 1 atom stereocenters. The quantitative estimate of drug-likeness (QED) is 0.894. The summed E-state index contributed by atoms with van der Waals surface area (Å²) in [6.45, 7) is 1.93. The van der Waals surface area contributed by atoms with E-state index >= 15 is 0 Å². The van der Waals surface area contributed by atoms with E-state index in [1.165, 1.54) is 7.11 Å². The van der Waals surface area contributed by atoms with Crippen LogP contribution in [0.1, 0.15) is 12.5 Å². The first-order chi connectivity index (χ1) is 8.38. The Bertz CT molecular complexity index is 395. The molecule has 0 aliphatic rings. The van der Waals surface area contributed by atoms with E-state index in [0.29, 0.717) is 15.8 Å². The lowest BCUT2D eigenvalue weighted by molar-refractivity contribution is -0.155. The number of rotatable bonds is 5. The van der Waals surface area contributed by atoms with Gasteiger partial charge in [-0.2, -0.15) is 13.2 Å². The average Bonchev–Trinajstić information content (AvgIpc) is 2.27. The van der Waals surface area contributed by atoms with E-state index in [2.05, 4.69) is 21.2 Å². The summed E-state index contributed by atoms with van der Waals surface area (Å²) in [7, 11) is 1.51. The fourth-order valence-corrected chi connectivity index (χ4v) is 2.21. The number of nitrogens with one attached hydrogen (secondary N) is 1. The van der Waals surface area contributed by atoms with Crippen molar-refractivity contribution in [2.45, 2.75) is 25.6 Å². The van der Waals surface area contributed by atoms with E-state index in [9.17, 15) is 13.2 Å². The zero-order valence-corrected chi connectivity index (χ0v) is 11.7. The van der Waals surface area contributed by atoms with Crippen LogP contribution in [0.5, 0.6) is 5.75 Å². The lowest BCUT2D eigenvalue weighted by atomic mass is 10.1. The van der Waals surface area contributed by atoms with E-state index in [4.69, 9.17) is 4.74 Å². The fourth-order valence-electron chi connectivity index (χ4n) is 1.62. The highest BCUT2D eigenvalue weighted by Crippen LogP contribution is 2.28. The zero-order valence-electron chi connectivity index (χ0n) is 10.1. The Labute approximate surface area is 113 Å².